The predicted molar refractivity (Wildman–Crippen MR) is 123 cm³/mol. The molecule has 1 aliphatic rings. The van der Waals surface area contributed by atoms with Crippen molar-refractivity contribution in [3.8, 4) is 40.0 Å². The second kappa shape index (κ2) is 9.08. The Morgan fingerprint density at radius 3 is 2.73 bits per heavy atom. The molecule has 1 N–H and O–H groups in total. The van der Waals surface area contributed by atoms with E-state index in [1.54, 1.807) is 30.5 Å². The van der Waals surface area contributed by atoms with Crippen molar-refractivity contribution in [2.24, 2.45) is 0 Å². The fourth-order valence-electron chi connectivity index (χ4n) is 3.51. The lowest BCUT2D eigenvalue weighted by Gasteiger charge is -2.10. The molecule has 2 heterocycles. The van der Waals surface area contributed by atoms with E-state index in [1.165, 1.54) is 5.56 Å². The number of fused-ring (bicyclic) bond motifs is 1. The minimum atomic E-state index is -0.227. The Morgan fingerprint density at radius 1 is 1.03 bits per heavy atom. The van der Waals surface area contributed by atoms with E-state index in [1.807, 2.05) is 49.4 Å². The lowest BCUT2D eigenvalue weighted by atomic mass is 10.1. The Bertz CT molecular complexity index is 1280. The summed E-state index contributed by atoms with van der Waals surface area (Å²) in [6.45, 7) is 2.89. The van der Waals surface area contributed by atoms with Gasteiger partial charge in [0.05, 0.1) is 18.3 Å². The molecule has 1 aromatic heterocycles. The van der Waals surface area contributed by atoms with E-state index in [0.29, 0.717) is 53.2 Å². The van der Waals surface area contributed by atoms with Crippen molar-refractivity contribution in [3.63, 3.8) is 0 Å². The summed E-state index contributed by atoms with van der Waals surface area (Å²) in [5.41, 5.74) is 3.22. The van der Waals surface area contributed by atoms with Crippen molar-refractivity contribution < 1.29 is 23.4 Å². The normalized spacial score (nSPS) is 11.9. The molecule has 4 aromatic rings. The van der Waals surface area contributed by atoms with E-state index in [0.717, 1.165) is 5.56 Å². The zero-order chi connectivity index (χ0) is 22.6. The molecular weight excluding hydrogens is 420 g/mol. The molecule has 0 bridgehead atoms. The van der Waals surface area contributed by atoms with Crippen LogP contribution in [0, 0.1) is 6.92 Å². The first-order valence-electron chi connectivity index (χ1n) is 10.6. The average molecular weight is 442 g/mol. The fourth-order valence-corrected chi connectivity index (χ4v) is 3.51. The lowest BCUT2D eigenvalue weighted by molar-refractivity contribution is 0.0947. The molecule has 7 nitrogen and oxygen atoms in total. The molecule has 0 fully saturated rings. The van der Waals surface area contributed by atoms with Gasteiger partial charge in [-0.1, -0.05) is 42.0 Å². The van der Waals surface area contributed by atoms with Crippen molar-refractivity contribution in [2.75, 3.05) is 19.9 Å². The van der Waals surface area contributed by atoms with Crippen LogP contribution in [0.1, 0.15) is 15.9 Å². The third-order valence-corrected chi connectivity index (χ3v) is 5.24. The average Bonchev–Trinajstić information content (AvgIpc) is 3.52. The molecule has 1 amide bonds. The third kappa shape index (κ3) is 4.52. The molecule has 7 heteroatoms. The first kappa shape index (κ1) is 20.6. The Labute approximate surface area is 190 Å². The van der Waals surface area contributed by atoms with Gasteiger partial charge >= 0.3 is 0 Å². The summed E-state index contributed by atoms with van der Waals surface area (Å²) in [6.07, 6.45) is 1.67. The Balaban J connectivity index is 1.23. The molecule has 0 unspecified atom stereocenters. The van der Waals surface area contributed by atoms with Crippen LogP contribution >= 0.6 is 0 Å². The third-order valence-electron chi connectivity index (χ3n) is 5.24. The summed E-state index contributed by atoms with van der Waals surface area (Å²) in [5, 5.41) is 2.89. The van der Waals surface area contributed by atoms with E-state index in [-0.39, 0.29) is 12.7 Å². The van der Waals surface area contributed by atoms with E-state index in [2.05, 4.69) is 10.3 Å². The van der Waals surface area contributed by atoms with Crippen LogP contribution in [0.3, 0.4) is 0 Å². The van der Waals surface area contributed by atoms with E-state index >= 15 is 0 Å². The quantitative estimate of drug-likeness (QED) is 0.412. The van der Waals surface area contributed by atoms with Crippen molar-refractivity contribution in [1.82, 2.24) is 10.3 Å². The van der Waals surface area contributed by atoms with Crippen LogP contribution in [0.2, 0.25) is 0 Å². The summed E-state index contributed by atoms with van der Waals surface area (Å²) in [4.78, 5) is 17.2. The van der Waals surface area contributed by atoms with E-state index in [4.69, 9.17) is 18.6 Å². The number of aryl methyl sites for hydroxylation is 1. The number of oxazole rings is 1. The zero-order valence-corrected chi connectivity index (χ0v) is 18.0. The molecule has 0 saturated heterocycles. The van der Waals surface area contributed by atoms with Crippen molar-refractivity contribution in [2.45, 2.75) is 6.92 Å². The summed E-state index contributed by atoms with van der Waals surface area (Å²) >= 11 is 0. The number of hydrogen-bond donors (Lipinski definition) is 1. The van der Waals surface area contributed by atoms with Gasteiger partial charge in [0.1, 0.15) is 12.4 Å². The van der Waals surface area contributed by atoms with Crippen LogP contribution in [0.15, 0.2) is 77.3 Å². The van der Waals surface area contributed by atoms with Gasteiger partial charge in [0.2, 0.25) is 12.7 Å². The van der Waals surface area contributed by atoms with Gasteiger partial charge in [0, 0.05) is 17.2 Å². The van der Waals surface area contributed by atoms with Gasteiger partial charge in [-0.3, -0.25) is 4.79 Å². The number of rotatable bonds is 7. The lowest BCUT2D eigenvalue weighted by Crippen LogP contribution is -2.28. The SMILES string of the molecule is Cc1ccc(-c2cnc(-c3ccccc3C(=O)NCCOc3ccc4c(c3)OCO4)o2)cc1. The van der Waals surface area contributed by atoms with Crippen molar-refractivity contribution >= 4 is 5.91 Å². The van der Waals surface area contributed by atoms with Crippen molar-refractivity contribution in [3.05, 3.63) is 84.1 Å². The summed E-state index contributed by atoms with van der Waals surface area (Å²) < 4.78 is 22.3. The molecule has 0 saturated carbocycles. The predicted octanol–water partition coefficient (Wildman–Crippen LogP) is 4.85. The summed E-state index contributed by atoms with van der Waals surface area (Å²) in [6, 6.07) is 20.6. The van der Waals surface area contributed by atoms with Gasteiger partial charge in [-0.25, -0.2) is 4.98 Å². The molecule has 166 valence electrons. The van der Waals surface area contributed by atoms with Gasteiger partial charge < -0.3 is 23.9 Å². The number of carbonyl (C=O) groups is 1. The van der Waals surface area contributed by atoms with Crippen LogP contribution in [0.5, 0.6) is 17.2 Å². The first-order valence-corrected chi connectivity index (χ1v) is 10.6. The topological polar surface area (TPSA) is 82.8 Å². The number of nitrogens with one attached hydrogen (secondary N) is 1. The van der Waals surface area contributed by atoms with E-state index in [9.17, 15) is 4.79 Å². The second-order valence-corrected chi connectivity index (χ2v) is 7.56. The Morgan fingerprint density at radius 2 is 1.85 bits per heavy atom. The summed E-state index contributed by atoms with van der Waals surface area (Å²) in [7, 11) is 0. The highest BCUT2D eigenvalue weighted by Crippen LogP contribution is 2.35. The number of carbonyl (C=O) groups excluding carboxylic acids is 1. The fraction of sp³-hybridized carbons (Fsp3) is 0.154. The number of aromatic nitrogens is 1. The monoisotopic (exact) mass is 442 g/mol. The standard InChI is InChI=1S/C26H22N2O5/c1-17-6-8-18(9-7-17)24-15-28-26(33-24)21-5-3-2-4-20(21)25(29)27-12-13-30-19-10-11-22-23(14-19)32-16-31-22/h2-11,14-15H,12-13,16H2,1H3,(H,27,29). The molecule has 0 atom stereocenters. The van der Waals surface area contributed by atoms with Gasteiger partial charge in [-0.05, 0) is 31.2 Å². The van der Waals surface area contributed by atoms with Crippen LogP contribution in [-0.2, 0) is 0 Å². The highest BCUT2D eigenvalue weighted by molar-refractivity contribution is 6.00. The Hall–Kier alpha value is -4.26. The summed E-state index contributed by atoms with van der Waals surface area (Å²) in [5.74, 6) is 2.82. The highest BCUT2D eigenvalue weighted by atomic mass is 16.7. The van der Waals surface area contributed by atoms with Gasteiger partial charge in [-0.15, -0.1) is 0 Å². The maximum atomic E-state index is 12.8. The molecule has 5 rings (SSSR count). The number of hydrogen-bond acceptors (Lipinski definition) is 6. The van der Waals surface area contributed by atoms with Gasteiger partial charge in [-0.2, -0.15) is 0 Å². The minimum absolute atomic E-state index is 0.214. The van der Waals surface area contributed by atoms with Crippen molar-refractivity contribution in [1.29, 1.82) is 0 Å². The minimum Gasteiger partial charge on any atom is -0.492 e. The molecule has 0 aliphatic carbocycles. The van der Waals surface area contributed by atoms with Crippen LogP contribution in [0.25, 0.3) is 22.8 Å². The molecule has 0 radical (unpaired) electrons. The maximum Gasteiger partial charge on any atom is 0.252 e. The van der Waals surface area contributed by atoms with Crippen LogP contribution < -0.4 is 19.5 Å². The maximum absolute atomic E-state index is 12.8. The largest absolute Gasteiger partial charge is 0.492 e. The highest BCUT2D eigenvalue weighted by Gasteiger charge is 2.17. The second-order valence-electron chi connectivity index (χ2n) is 7.56. The van der Waals surface area contributed by atoms with Gasteiger partial charge in [0.15, 0.2) is 17.3 Å². The molecule has 33 heavy (non-hydrogen) atoms. The van der Waals surface area contributed by atoms with Crippen LogP contribution in [0.4, 0.5) is 0 Å². The number of nitrogens with zero attached hydrogens (tertiary/aromatic N) is 1. The Kier molecular flexibility index (Phi) is 5.68. The van der Waals surface area contributed by atoms with Crippen LogP contribution in [-0.4, -0.2) is 30.8 Å². The first-order chi connectivity index (χ1) is 16.2. The molecular formula is C26H22N2O5. The molecule has 0 spiro atoms. The molecule has 3 aromatic carbocycles. The number of amides is 1. The molecule has 1 aliphatic heterocycles. The van der Waals surface area contributed by atoms with Gasteiger partial charge in [0.25, 0.3) is 5.91 Å². The number of benzene rings is 3. The number of ether oxygens (including phenoxy) is 3. The van der Waals surface area contributed by atoms with E-state index < -0.39 is 0 Å². The smallest absolute Gasteiger partial charge is 0.252 e. The zero-order valence-electron chi connectivity index (χ0n) is 18.0.